The van der Waals surface area contributed by atoms with Gasteiger partial charge in [-0.2, -0.15) is 0 Å². The molecule has 1 fully saturated rings. The minimum Gasteiger partial charge on any atom is -0.390 e. The Morgan fingerprint density at radius 3 is 2.41 bits per heavy atom. The van der Waals surface area contributed by atoms with Crippen LogP contribution in [0.25, 0.3) is 11.0 Å². The van der Waals surface area contributed by atoms with E-state index in [4.69, 9.17) is 6.42 Å². The summed E-state index contributed by atoms with van der Waals surface area (Å²) in [5, 5.41) is 28.1. The molecule has 51 heavy (non-hydrogen) atoms. The maximum atomic E-state index is 14.0. The maximum absolute atomic E-state index is 14.0. The Labute approximate surface area is 303 Å². The molecule has 4 rings (SSSR count). The number of nitrogens with zero attached hydrogens (tertiary/aromatic N) is 3. The Balaban J connectivity index is 1.47. The lowest BCUT2D eigenvalue weighted by molar-refractivity contribution is -0.137. The van der Waals surface area contributed by atoms with E-state index in [0.29, 0.717) is 38.3 Å². The van der Waals surface area contributed by atoms with Gasteiger partial charge in [0, 0.05) is 33.0 Å². The molecule has 1 aliphatic carbocycles. The summed E-state index contributed by atoms with van der Waals surface area (Å²) in [5.41, 5.74) is 2.77. The zero-order valence-electron chi connectivity index (χ0n) is 30.5. The van der Waals surface area contributed by atoms with Crippen LogP contribution >= 0.6 is 0 Å². The van der Waals surface area contributed by atoms with Gasteiger partial charge in [-0.3, -0.25) is 14.4 Å². The van der Waals surface area contributed by atoms with Crippen LogP contribution in [0.15, 0.2) is 60.9 Å². The molecule has 0 aliphatic heterocycles. The van der Waals surface area contributed by atoms with Crippen LogP contribution < -0.4 is 10.6 Å². The number of likely N-dealkylation sites (N-methyl/N-ethyl adjacent to an activating group) is 1. The first kappa shape index (κ1) is 39.6. The van der Waals surface area contributed by atoms with Crippen LogP contribution in [-0.4, -0.2) is 80.3 Å². The fourth-order valence-corrected chi connectivity index (χ4v) is 7.12. The first-order valence-corrected chi connectivity index (χ1v) is 18.6. The number of imidazole rings is 1. The standard InChI is InChI=1S/C41H57N5O5/c1-5-6-19-34(41(51)44-35(26-31-17-11-8-12-18-31)39(49)37(47)24-29(2)3)43-40(50)32(25-30-15-9-7-10-16-30)27-38(48)45(4)22-23-46-28-42-33-20-13-14-21-36(33)46/h1,7,9-10,13-16,20-21,28-29,31-32,34-35,37,39,47,49H,6,8,11-12,17-19,22-27H2,2-4H3,(H,43,50)(H,44,51)/t32-,34?,35?,37+,39-/m1/s1. The number of benzene rings is 2. The van der Waals surface area contributed by atoms with E-state index in [9.17, 15) is 24.6 Å². The highest BCUT2D eigenvalue weighted by Crippen LogP contribution is 2.29. The summed E-state index contributed by atoms with van der Waals surface area (Å²) in [5.74, 6) is 1.27. The molecule has 1 heterocycles. The monoisotopic (exact) mass is 699 g/mol. The van der Waals surface area contributed by atoms with Gasteiger partial charge >= 0.3 is 0 Å². The van der Waals surface area contributed by atoms with Crippen LogP contribution in [0.3, 0.4) is 0 Å². The second-order valence-electron chi connectivity index (χ2n) is 14.7. The van der Waals surface area contributed by atoms with Crippen LogP contribution in [0.1, 0.15) is 83.6 Å². The van der Waals surface area contributed by atoms with Crippen molar-refractivity contribution in [3.8, 4) is 12.3 Å². The minimum atomic E-state index is -1.15. The molecule has 276 valence electrons. The predicted octanol–water partition coefficient (Wildman–Crippen LogP) is 4.87. The summed E-state index contributed by atoms with van der Waals surface area (Å²) in [4.78, 5) is 47.6. The Morgan fingerprint density at radius 1 is 1.00 bits per heavy atom. The number of hydrogen-bond acceptors (Lipinski definition) is 6. The molecule has 1 aliphatic rings. The molecule has 10 heteroatoms. The summed E-state index contributed by atoms with van der Waals surface area (Å²) >= 11 is 0. The van der Waals surface area contributed by atoms with Crippen molar-refractivity contribution in [2.75, 3.05) is 13.6 Å². The highest BCUT2D eigenvalue weighted by Gasteiger charge is 2.34. The number of carbonyl (C=O) groups is 3. The van der Waals surface area contributed by atoms with Crippen molar-refractivity contribution in [1.29, 1.82) is 0 Å². The number of fused-ring (bicyclic) bond motifs is 1. The molecule has 1 aromatic heterocycles. The average molecular weight is 700 g/mol. The van der Waals surface area contributed by atoms with Crippen molar-refractivity contribution < 1.29 is 24.6 Å². The molecule has 3 amide bonds. The minimum absolute atomic E-state index is 0.0458. The molecule has 0 radical (unpaired) electrons. The summed E-state index contributed by atoms with van der Waals surface area (Å²) in [6, 6.07) is 15.7. The number of amides is 3. The second kappa shape index (κ2) is 20.0. The Hall–Kier alpha value is -4.20. The average Bonchev–Trinajstić information content (AvgIpc) is 3.54. The molecular weight excluding hydrogens is 642 g/mol. The largest absolute Gasteiger partial charge is 0.390 e. The van der Waals surface area contributed by atoms with E-state index in [0.717, 1.165) is 42.3 Å². The molecule has 3 aromatic rings. The van der Waals surface area contributed by atoms with Gasteiger partial charge in [-0.05, 0) is 55.2 Å². The first-order chi connectivity index (χ1) is 24.5. The quantitative estimate of drug-likeness (QED) is 0.132. The van der Waals surface area contributed by atoms with Gasteiger partial charge in [-0.15, -0.1) is 12.3 Å². The number of aromatic nitrogens is 2. The number of carbonyl (C=O) groups excluding carboxylic acids is 3. The molecule has 0 saturated heterocycles. The Morgan fingerprint density at radius 2 is 1.71 bits per heavy atom. The zero-order chi connectivity index (χ0) is 36.8. The zero-order valence-corrected chi connectivity index (χ0v) is 30.5. The lowest BCUT2D eigenvalue weighted by Crippen LogP contribution is -2.56. The van der Waals surface area contributed by atoms with Gasteiger partial charge < -0.3 is 30.3 Å². The van der Waals surface area contributed by atoms with Crippen molar-refractivity contribution in [3.05, 3.63) is 66.5 Å². The van der Waals surface area contributed by atoms with Crippen LogP contribution in [0.2, 0.25) is 0 Å². The number of para-hydroxylation sites is 2. The lowest BCUT2D eigenvalue weighted by atomic mass is 9.82. The number of aliphatic hydroxyl groups is 2. The van der Waals surface area contributed by atoms with Gasteiger partial charge in [0.15, 0.2) is 0 Å². The molecule has 5 atom stereocenters. The molecule has 0 spiro atoms. The molecule has 1 saturated carbocycles. The SMILES string of the molecule is C#CCCC(NC(=O)[C@@H](CC(=O)N(C)CCn1cnc2ccccc21)Cc1ccccc1)C(=O)NC(CC1CCCCC1)[C@@H](O)[C@@H](O)CC(C)C. The van der Waals surface area contributed by atoms with Crippen molar-refractivity contribution >= 4 is 28.8 Å². The van der Waals surface area contributed by atoms with E-state index in [1.165, 1.54) is 6.42 Å². The van der Waals surface area contributed by atoms with Crippen molar-refractivity contribution in [2.24, 2.45) is 17.8 Å². The van der Waals surface area contributed by atoms with E-state index >= 15 is 0 Å². The molecule has 10 nitrogen and oxygen atoms in total. The Kier molecular flexibility index (Phi) is 15.5. The highest BCUT2D eigenvalue weighted by atomic mass is 16.3. The fraction of sp³-hybridized carbons (Fsp3) is 0.561. The molecule has 4 N–H and O–H groups in total. The summed E-state index contributed by atoms with van der Waals surface area (Å²) in [6.07, 6.45) is 12.3. The van der Waals surface area contributed by atoms with Crippen LogP contribution in [0.5, 0.6) is 0 Å². The van der Waals surface area contributed by atoms with Crippen LogP contribution in [0.4, 0.5) is 0 Å². The normalized spacial score (nSPS) is 16.5. The number of aliphatic hydroxyl groups excluding tert-OH is 2. The number of rotatable bonds is 19. The topological polar surface area (TPSA) is 137 Å². The van der Waals surface area contributed by atoms with Gasteiger partial charge in [0.05, 0.1) is 35.4 Å². The van der Waals surface area contributed by atoms with Gasteiger partial charge in [-0.25, -0.2) is 4.98 Å². The summed E-state index contributed by atoms with van der Waals surface area (Å²) in [6.45, 7) is 4.93. The molecule has 2 unspecified atom stereocenters. The highest BCUT2D eigenvalue weighted by molar-refractivity contribution is 5.91. The molecule has 0 bridgehead atoms. The smallest absolute Gasteiger partial charge is 0.242 e. The third kappa shape index (κ3) is 12.2. The lowest BCUT2D eigenvalue weighted by Gasteiger charge is -2.34. The van der Waals surface area contributed by atoms with Crippen molar-refractivity contribution in [1.82, 2.24) is 25.1 Å². The van der Waals surface area contributed by atoms with E-state index in [-0.39, 0.29) is 31.1 Å². The van der Waals surface area contributed by atoms with Gasteiger partial charge in [-0.1, -0.05) is 88.4 Å². The number of nitrogens with one attached hydrogen (secondary N) is 2. The van der Waals surface area contributed by atoms with Gasteiger partial charge in [0.25, 0.3) is 0 Å². The Bertz CT molecular complexity index is 1580. The molecule has 2 aromatic carbocycles. The second-order valence-corrected chi connectivity index (χ2v) is 14.7. The van der Waals surface area contributed by atoms with E-state index < -0.39 is 42.0 Å². The van der Waals surface area contributed by atoms with Crippen molar-refractivity contribution in [2.45, 2.75) is 115 Å². The third-order valence-corrected chi connectivity index (χ3v) is 10.1. The van der Waals surface area contributed by atoms with Gasteiger partial charge in [0.1, 0.15) is 12.1 Å². The van der Waals surface area contributed by atoms with E-state index in [1.807, 2.05) is 73.0 Å². The van der Waals surface area contributed by atoms with Crippen LogP contribution in [-0.2, 0) is 27.3 Å². The third-order valence-electron chi connectivity index (χ3n) is 10.1. The number of terminal acetylenes is 1. The first-order valence-electron chi connectivity index (χ1n) is 18.6. The van der Waals surface area contributed by atoms with E-state index in [2.05, 4.69) is 21.5 Å². The van der Waals surface area contributed by atoms with Crippen molar-refractivity contribution in [3.63, 3.8) is 0 Å². The maximum Gasteiger partial charge on any atom is 0.242 e. The predicted molar refractivity (Wildman–Crippen MR) is 200 cm³/mol. The number of hydrogen-bond donors (Lipinski definition) is 4. The van der Waals surface area contributed by atoms with E-state index in [1.54, 1.807) is 18.3 Å². The van der Waals surface area contributed by atoms with Crippen LogP contribution in [0, 0.1) is 30.1 Å². The van der Waals surface area contributed by atoms with Gasteiger partial charge in [0.2, 0.25) is 17.7 Å². The molecular formula is C41H57N5O5. The summed E-state index contributed by atoms with van der Waals surface area (Å²) < 4.78 is 2.00. The fourth-order valence-electron chi connectivity index (χ4n) is 7.12. The summed E-state index contributed by atoms with van der Waals surface area (Å²) in [7, 11) is 1.73.